The maximum absolute atomic E-state index is 13.8. The third-order valence-electron chi connectivity index (χ3n) is 3.68. The van der Waals surface area contributed by atoms with Crippen LogP contribution in [0.3, 0.4) is 0 Å². The minimum atomic E-state index is -0.120. The highest BCUT2D eigenvalue weighted by molar-refractivity contribution is 5.20. The predicted molar refractivity (Wildman–Crippen MR) is 84.4 cm³/mol. The summed E-state index contributed by atoms with van der Waals surface area (Å²) >= 11 is 0. The number of hydrogen-bond acceptors (Lipinski definition) is 2. The number of rotatable bonds is 7. The van der Waals surface area contributed by atoms with E-state index in [9.17, 15) is 4.39 Å². The van der Waals surface area contributed by atoms with Gasteiger partial charge in [0.2, 0.25) is 0 Å². The summed E-state index contributed by atoms with van der Waals surface area (Å²) in [5, 5.41) is 3.48. The lowest BCUT2D eigenvalue weighted by Crippen LogP contribution is -2.41. The van der Waals surface area contributed by atoms with Crippen molar-refractivity contribution in [1.29, 1.82) is 0 Å². The van der Waals surface area contributed by atoms with Crippen LogP contribution in [0.15, 0.2) is 24.3 Å². The maximum Gasteiger partial charge on any atom is 0.127 e. The third-order valence-corrected chi connectivity index (χ3v) is 3.68. The van der Waals surface area contributed by atoms with Crippen molar-refractivity contribution in [3.05, 3.63) is 35.6 Å². The van der Waals surface area contributed by atoms with Gasteiger partial charge in [0.05, 0.1) is 0 Å². The standard InChI is InChI=1S/C17H29FN2/c1-13(2)19-11-17(4,5)12-20(6)14(3)15-9-7-8-10-16(15)18/h7-10,13-14,19H,11-12H2,1-6H3. The Morgan fingerprint density at radius 3 is 2.35 bits per heavy atom. The largest absolute Gasteiger partial charge is 0.314 e. The highest BCUT2D eigenvalue weighted by Crippen LogP contribution is 2.25. The van der Waals surface area contributed by atoms with E-state index < -0.39 is 0 Å². The van der Waals surface area contributed by atoms with Gasteiger partial charge in [-0.2, -0.15) is 0 Å². The Kier molecular flexibility index (Phi) is 6.15. The van der Waals surface area contributed by atoms with Crippen molar-refractivity contribution in [2.45, 2.75) is 46.7 Å². The molecule has 0 aliphatic heterocycles. The van der Waals surface area contributed by atoms with Gasteiger partial charge in [-0.1, -0.05) is 45.9 Å². The van der Waals surface area contributed by atoms with Crippen LogP contribution >= 0.6 is 0 Å². The fourth-order valence-electron chi connectivity index (χ4n) is 2.40. The van der Waals surface area contributed by atoms with E-state index in [0.29, 0.717) is 6.04 Å². The second-order valence-electron chi connectivity index (χ2n) is 6.81. The van der Waals surface area contributed by atoms with E-state index in [1.54, 1.807) is 6.07 Å². The zero-order valence-corrected chi connectivity index (χ0v) is 13.7. The van der Waals surface area contributed by atoms with E-state index in [4.69, 9.17) is 0 Å². The van der Waals surface area contributed by atoms with Crippen LogP contribution in [0.1, 0.15) is 46.2 Å². The van der Waals surface area contributed by atoms with E-state index in [1.165, 1.54) is 6.07 Å². The molecule has 1 atom stereocenters. The van der Waals surface area contributed by atoms with Gasteiger partial charge in [0.25, 0.3) is 0 Å². The minimum absolute atomic E-state index is 0.0783. The van der Waals surface area contributed by atoms with Crippen molar-refractivity contribution in [3.8, 4) is 0 Å². The van der Waals surface area contributed by atoms with Crippen LogP contribution in [0.4, 0.5) is 4.39 Å². The summed E-state index contributed by atoms with van der Waals surface area (Å²) in [5.74, 6) is -0.120. The number of hydrogen-bond donors (Lipinski definition) is 1. The summed E-state index contributed by atoms with van der Waals surface area (Å²) < 4.78 is 13.8. The number of benzene rings is 1. The quantitative estimate of drug-likeness (QED) is 0.816. The van der Waals surface area contributed by atoms with Crippen LogP contribution in [0.5, 0.6) is 0 Å². The van der Waals surface area contributed by atoms with E-state index in [1.807, 2.05) is 12.1 Å². The Labute approximate surface area is 123 Å². The van der Waals surface area contributed by atoms with Crippen molar-refractivity contribution in [1.82, 2.24) is 10.2 Å². The molecule has 1 aromatic rings. The fourth-order valence-corrected chi connectivity index (χ4v) is 2.40. The Hall–Kier alpha value is -0.930. The molecule has 20 heavy (non-hydrogen) atoms. The molecule has 0 radical (unpaired) electrons. The highest BCUT2D eigenvalue weighted by Gasteiger charge is 2.24. The summed E-state index contributed by atoms with van der Waals surface area (Å²) in [6, 6.07) is 7.61. The van der Waals surface area contributed by atoms with Crippen LogP contribution < -0.4 is 5.32 Å². The van der Waals surface area contributed by atoms with Crippen molar-refractivity contribution < 1.29 is 4.39 Å². The molecule has 0 bridgehead atoms. The summed E-state index contributed by atoms with van der Waals surface area (Å²) in [5.41, 5.74) is 0.918. The Balaban J connectivity index is 2.66. The molecule has 1 aromatic carbocycles. The molecule has 114 valence electrons. The molecule has 1 unspecified atom stereocenters. The van der Waals surface area contributed by atoms with E-state index in [0.717, 1.165) is 18.7 Å². The van der Waals surface area contributed by atoms with Crippen LogP contribution in [-0.4, -0.2) is 31.1 Å². The molecule has 2 nitrogen and oxygen atoms in total. The summed E-state index contributed by atoms with van der Waals surface area (Å²) in [4.78, 5) is 2.22. The normalized spacial score (nSPS) is 14.1. The second-order valence-corrected chi connectivity index (χ2v) is 6.81. The molecule has 0 aliphatic carbocycles. The number of nitrogens with one attached hydrogen (secondary N) is 1. The minimum Gasteiger partial charge on any atom is -0.314 e. The third kappa shape index (κ3) is 5.22. The molecule has 0 heterocycles. The van der Waals surface area contributed by atoms with Crippen LogP contribution in [0.25, 0.3) is 0 Å². The molecule has 0 aliphatic rings. The van der Waals surface area contributed by atoms with E-state index >= 15 is 0 Å². The number of halogens is 1. The van der Waals surface area contributed by atoms with Gasteiger partial charge in [0.1, 0.15) is 5.82 Å². The van der Waals surface area contributed by atoms with Gasteiger partial charge in [-0.05, 0) is 25.5 Å². The monoisotopic (exact) mass is 280 g/mol. The van der Waals surface area contributed by atoms with Crippen molar-refractivity contribution in [2.24, 2.45) is 5.41 Å². The topological polar surface area (TPSA) is 15.3 Å². The highest BCUT2D eigenvalue weighted by atomic mass is 19.1. The smallest absolute Gasteiger partial charge is 0.127 e. The lowest BCUT2D eigenvalue weighted by Gasteiger charge is -2.35. The molecule has 0 saturated carbocycles. The molecule has 0 aromatic heterocycles. The van der Waals surface area contributed by atoms with Gasteiger partial charge >= 0.3 is 0 Å². The van der Waals surface area contributed by atoms with Gasteiger partial charge in [0.15, 0.2) is 0 Å². The Morgan fingerprint density at radius 2 is 1.80 bits per heavy atom. The van der Waals surface area contributed by atoms with Crippen LogP contribution in [0, 0.1) is 11.2 Å². The first-order chi connectivity index (χ1) is 9.23. The average Bonchev–Trinajstić information content (AvgIpc) is 2.36. The first-order valence-corrected chi connectivity index (χ1v) is 7.41. The summed E-state index contributed by atoms with van der Waals surface area (Å²) in [6.07, 6.45) is 0. The Morgan fingerprint density at radius 1 is 1.20 bits per heavy atom. The molecule has 0 spiro atoms. The van der Waals surface area contributed by atoms with E-state index in [-0.39, 0.29) is 17.3 Å². The fraction of sp³-hybridized carbons (Fsp3) is 0.647. The average molecular weight is 280 g/mol. The zero-order chi connectivity index (χ0) is 15.3. The van der Waals surface area contributed by atoms with Gasteiger partial charge < -0.3 is 5.32 Å². The predicted octanol–water partition coefficient (Wildman–Crippen LogP) is 3.84. The van der Waals surface area contributed by atoms with E-state index in [2.05, 4.69) is 51.9 Å². The first kappa shape index (κ1) is 17.1. The molecular formula is C17H29FN2. The molecule has 0 amide bonds. The summed E-state index contributed by atoms with van der Waals surface area (Å²) in [6.45, 7) is 12.7. The molecule has 0 fully saturated rings. The second kappa shape index (κ2) is 7.19. The van der Waals surface area contributed by atoms with Crippen LogP contribution in [0.2, 0.25) is 0 Å². The molecule has 1 N–H and O–H groups in total. The zero-order valence-electron chi connectivity index (χ0n) is 13.7. The van der Waals surface area contributed by atoms with Crippen molar-refractivity contribution >= 4 is 0 Å². The first-order valence-electron chi connectivity index (χ1n) is 7.41. The molecule has 3 heteroatoms. The van der Waals surface area contributed by atoms with Gasteiger partial charge in [-0.3, -0.25) is 4.90 Å². The van der Waals surface area contributed by atoms with Crippen molar-refractivity contribution in [2.75, 3.05) is 20.1 Å². The Bertz CT molecular complexity index is 415. The van der Waals surface area contributed by atoms with Crippen LogP contribution in [-0.2, 0) is 0 Å². The molecular weight excluding hydrogens is 251 g/mol. The molecule has 0 saturated heterocycles. The lowest BCUT2D eigenvalue weighted by atomic mass is 9.91. The van der Waals surface area contributed by atoms with Crippen molar-refractivity contribution in [3.63, 3.8) is 0 Å². The lowest BCUT2D eigenvalue weighted by molar-refractivity contribution is 0.162. The van der Waals surface area contributed by atoms with Gasteiger partial charge in [-0.15, -0.1) is 0 Å². The summed E-state index contributed by atoms with van der Waals surface area (Å²) in [7, 11) is 2.06. The van der Waals surface area contributed by atoms with Gasteiger partial charge in [0, 0.05) is 30.7 Å². The SMILES string of the molecule is CC(C)NCC(C)(C)CN(C)C(C)c1ccccc1F. The maximum atomic E-state index is 13.8. The number of nitrogens with zero attached hydrogens (tertiary/aromatic N) is 1. The van der Waals surface area contributed by atoms with Gasteiger partial charge in [-0.25, -0.2) is 4.39 Å². The molecule has 1 rings (SSSR count).